The van der Waals surface area contributed by atoms with Crippen LogP contribution in [0.3, 0.4) is 0 Å². The number of carboxylic acids is 1. The van der Waals surface area contributed by atoms with Crippen LogP contribution in [-0.2, 0) is 0 Å². The summed E-state index contributed by atoms with van der Waals surface area (Å²) >= 11 is 5.75. The van der Waals surface area contributed by atoms with Gasteiger partial charge in [0.2, 0.25) is 0 Å². The number of carbonyl (C=O) groups is 2. The third kappa shape index (κ3) is 2.95. The summed E-state index contributed by atoms with van der Waals surface area (Å²) in [5, 5.41) is 9.07. The number of anilines is 1. The highest BCUT2D eigenvalue weighted by atomic mass is 35.5. The molecule has 0 atom stereocenters. The van der Waals surface area contributed by atoms with Gasteiger partial charge in [-0.3, -0.25) is 4.79 Å². The molecule has 20 heavy (non-hydrogen) atoms. The van der Waals surface area contributed by atoms with Crippen molar-refractivity contribution in [1.29, 1.82) is 0 Å². The number of carbonyl (C=O) groups excluding carboxylic acids is 1. The van der Waals surface area contributed by atoms with Gasteiger partial charge in [-0.1, -0.05) is 17.7 Å². The number of halogens is 1. The van der Waals surface area contributed by atoms with E-state index in [1.165, 1.54) is 17.0 Å². The first-order valence-electron chi connectivity index (χ1n) is 5.73. The Hall–Kier alpha value is -2.40. The maximum atomic E-state index is 12.2. The predicted molar refractivity (Wildman–Crippen MR) is 75.4 cm³/mol. The van der Waals surface area contributed by atoms with Crippen molar-refractivity contribution in [3.05, 3.63) is 58.9 Å². The molecule has 0 aliphatic rings. The lowest BCUT2D eigenvalue weighted by Crippen LogP contribution is -2.27. The zero-order chi connectivity index (χ0) is 14.7. The maximum absolute atomic E-state index is 12.2. The van der Waals surface area contributed by atoms with Gasteiger partial charge in [0.15, 0.2) is 0 Å². The average molecular weight is 291 g/mol. The van der Waals surface area contributed by atoms with Crippen molar-refractivity contribution in [3.63, 3.8) is 0 Å². The number of amides is 1. The SMILES string of the molecule is CN(C(=O)c1cccc(Cl)n1)c1ccc(C(=O)O)cc1. The van der Waals surface area contributed by atoms with Gasteiger partial charge >= 0.3 is 5.97 Å². The Bertz CT molecular complexity index is 656. The lowest BCUT2D eigenvalue weighted by molar-refractivity contribution is 0.0696. The van der Waals surface area contributed by atoms with Crippen LogP contribution in [0.4, 0.5) is 5.69 Å². The molecule has 1 amide bonds. The summed E-state index contributed by atoms with van der Waals surface area (Å²) in [7, 11) is 1.58. The Balaban J connectivity index is 2.24. The number of carboxylic acid groups (broad SMARTS) is 1. The molecule has 0 saturated carbocycles. The molecule has 1 aromatic carbocycles. The van der Waals surface area contributed by atoms with Crippen LogP contribution in [0.1, 0.15) is 20.8 Å². The zero-order valence-electron chi connectivity index (χ0n) is 10.6. The van der Waals surface area contributed by atoms with Gasteiger partial charge in [-0.15, -0.1) is 0 Å². The van der Waals surface area contributed by atoms with E-state index in [2.05, 4.69) is 4.98 Å². The van der Waals surface area contributed by atoms with Gasteiger partial charge in [0.1, 0.15) is 10.8 Å². The maximum Gasteiger partial charge on any atom is 0.335 e. The van der Waals surface area contributed by atoms with E-state index in [0.29, 0.717) is 5.69 Å². The average Bonchev–Trinajstić information content (AvgIpc) is 2.46. The van der Waals surface area contributed by atoms with Crippen molar-refractivity contribution >= 4 is 29.2 Å². The number of hydrogen-bond donors (Lipinski definition) is 1. The van der Waals surface area contributed by atoms with Gasteiger partial charge in [-0.25, -0.2) is 9.78 Å². The summed E-state index contributed by atoms with van der Waals surface area (Å²) in [6.07, 6.45) is 0. The van der Waals surface area contributed by atoms with Crippen molar-refractivity contribution in [2.24, 2.45) is 0 Å². The molecule has 0 unspecified atom stereocenters. The smallest absolute Gasteiger partial charge is 0.335 e. The fourth-order valence-corrected chi connectivity index (χ4v) is 1.81. The molecule has 0 bridgehead atoms. The molecule has 0 aliphatic heterocycles. The van der Waals surface area contributed by atoms with E-state index in [1.807, 2.05) is 0 Å². The molecule has 102 valence electrons. The first-order valence-corrected chi connectivity index (χ1v) is 6.11. The lowest BCUT2D eigenvalue weighted by Gasteiger charge is -2.17. The Morgan fingerprint density at radius 3 is 2.35 bits per heavy atom. The van der Waals surface area contributed by atoms with E-state index in [9.17, 15) is 9.59 Å². The van der Waals surface area contributed by atoms with E-state index in [-0.39, 0.29) is 22.3 Å². The second-order valence-electron chi connectivity index (χ2n) is 4.06. The Morgan fingerprint density at radius 1 is 1.15 bits per heavy atom. The highest BCUT2D eigenvalue weighted by molar-refractivity contribution is 6.29. The van der Waals surface area contributed by atoms with Gasteiger partial charge in [0, 0.05) is 12.7 Å². The van der Waals surface area contributed by atoms with Crippen LogP contribution >= 0.6 is 11.6 Å². The standard InChI is InChI=1S/C14H11ClN2O3/c1-17(10-7-5-9(6-8-10)14(19)20)13(18)11-3-2-4-12(15)16-11/h2-8H,1H3,(H,19,20). The van der Waals surface area contributed by atoms with Crippen LogP contribution in [-0.4, -0.2) is 29.0 Å². The highest BCUT2D eigenvalue weighted by Gasteiger charge is 2.15. The molecule has 1 aromatic heterocycles. The summed E-state index contributed by atoms with van der Waals surface area (Å²) in [5.74, 6) is -1.34. The van der Waals surface area contributed by atoms with Crippen LogP contribution in [0.15, 0.2) is 42.5 Å². The second kappa shape index (κ2) is 5.71. The van der Waals surface area contributed by atoms with Crippen LogP contribution in [0, 0.1) is 0 Å². The topological polar surface area (TPSA) is 70.5 Å². The molecule has 1 heterocycles. The molecule has 2 rings (SSSR count). The normalized spacial score (nSPS) is 10.1. The number of hydrogen-bond acceptors (Lipinski definition) is 3. The Labute approximate surface area is 120 Å². The largest absolute Gasteiger partial charge is 0.478 e. The monoisotopic (exact) mass is 290 g/mol. The molecular weight excluding hydrogens is 280 g/mol. The first kappa shape index (κ1) is 14.0. The number of nitrogens with zero attached hydrogens (tertiary/aromatic N) is 2. The molecule has 0 aliphatic carbocycles. The third-order valence-corrected chi connectivity index (χ3v) is 2.95. The van der Waals surface area contributed by atoms with Crippen molar-refractivity contribution < 1.29 is 14.7 Å². The Kier molecular flexibility index (Phi) is 4.00. The van der Waals surface area contributed by atoms with Crippen LogP contribution < -0.4 is 4.90 Å². The summed E-state index contributed by atoms with van der Waals surface area (Å²) in [6, 6.07) is 10.8. The molecule has 6 heteroatoms. The van der Waals surface area contributed by atoms with Crippen molar-refractivity contribution in [2.75, 3.05) is 11.9 Å². The number of aromatic carboxylic acids is 1. The summed E-state index contributed by atoms with van der Waals surface area (Å²) in [5.41, 5.74) is 0.958. The minimum Gasteiger partial charge on any atom is -0.478 e. The van der Waals surface area contributed by atoms with Gasteiger partial charge in [0.25, 0.3) is 5.91 Å². The van der Waals surface area contributed by atoms with Crippen LogP contribution in [0.2, 0.25) is 5.15 Å². The van der Waals surface area contributed by atoms with Crippen LogP contribution in [0.5, 0.6) is 0 Å². The number of aromatic nitrogens is 1. The number of pyridine rings is 1. The highest BCUT2D eigenvalue weighted by Crippen LogP contribution is 2.16. The third-order valence-electron chi connectivity index (χ3n) is 2.74. The van der Waals surface area contributed by atoms with E-state index in [4.69, 9.17) is 16.7 Å². The van der Waals surface area contributed by atoms with Gasteiger partial charge in [0.05, 0.1) is 5.56 Å². The number of benzene rings is 1. The van der Waals surface area contributed by atoms with E-state index >= 15 is 0 Å². The summed E-state index contributed by atoms with van der Waals surface area (Å²) in [6.45, 7) is 0. The van der Waals surface area contributed by atoms with Gasteiger partial charge < -0.3 is 10.0 Å². The molecule has 0 saturated heterocycles. The molecule has 1 N–H and O–H groups in total. The zero-order valence-corrected chi connectivity index (χ0v) is 11.3. The van der Waals surface area contributed by atoms with E-state index in [1.54, 1.807) is 37.4 Å². The first-order chi connectivity index (χ1) is 9.49. The van der Waals surface area contributed by atoms with Crippen molar-refractivity contribution in [2.45, 2.75) is 0 Å². The minimum absolute atomic E-state index is 0.162. The quantitative estimate of drug-likeness (QED) is 0.882. The van der Waals surface area contributed by atoms with Gasteiger partial charge in [-0.2, -0.15) is 0 Å². The second-order valence-corrected chi connectivity index (χ2v) is 4.45. The molecule has 0 radical (unpaired) electrons. The fourth-order valence-electron chi connectivity index (χ4n) is 1.64. The van der Waals surface area contributed by atoms with Crippen LogP contribution in [0.25, 0.3) is 0 Å². The molecule has 5 nitrogen and oxygen atoms in total. The van der Waals surface area contributed by atoms with Crippen molar-refractivity contribution in [1.82, 2.24) is 4.98 Å². The predicted octanol–water partition coefficient (Wildman–Crippen LogP) is 2.71. The summed E-state index contributed by atoms with van der Waals surface area (Å²) in [4.78, 5) is 28.3. The summed E-state index contributed by atoms with van der Waals surface area (Å²) < 4.78 is 0. The van der Waals surface area contributed by atoms with E-state index < -0.39 is 5.97 Å². The molecule has 2 aromatic rings. The fraction of sp³-hybridized carbons (Fsp3) is 0.0714. The Morgan fingerprint density at radius 2 is 1.80 bits per heavy atom. The molecule has 0 spiro atoms. The molecular formula is C14H11ClN2O3. The van der Waals surface area contributed by atoms with Crippen molar-refractivity contribution in [3.8, 4) is 0 Å². The molecule has 0 fully saturated rings. The number of rotatable bonds is 3. The van der Waals surface area contributed by atoms with Gasteiger partial charge in [-0.05, 0) is 36.4 Å². The van der Waals surface area contributed by atoms with E-state index in [0.717, 1.165) is 0 Å². The minimum atomic E-state index is -1.01. The lowest BCUT2D eigenvalue weighted by atomic mass is 10.2.